The summed E-state index contributed by atoms with van der Waals surface area (Å²) in [5.74, 6) is 0.888. The molecule has 0 saturated heterocycles. The van der Waals surface area contributed by atoms with Gasteiger partial charge < -0.3 is 14.6 Å². The largest absolute Gasteiger partial charge is 0.467 e. The van der Waals surface area contributed by atoms with Crippen LogP contribution in [0.4, 0.5) is 0 Å². The zero-order valence-corrected chi connectivity index (χ0v) is 8.02. The average molecular weight is 184 g/mol. The molecule has 0 aliphatic rings. The van der Waals surface area contributed by atoms with E-state index < -0.39 is 0 Å². The standard InChI is InChI=1S/C8H12N2OS/c1-10(2)8(12)9-6-7-4-3-5-11-7/h3-5H,6H2,1-2H3,(H,9,12). The fraction of sp³-hybridized carbons (Fsp3) is 0.375. The maximum Gasteiger partial charge on any atom is 0.168 e. The monoisotopic (exact) mass is 184 g/mol. The predicted molar refractivity (Wildman–Crippen MR) is 51.8 cm³/mol. The summed E-state index contributed by atoms with van der Waals surface area (Å²) in [6.45, 7) is 0.643. The molecule has 1 rings (SSSR count). The van der Waals surface area contributed by atoms with Gasteiger partial charge in [-0.2, -0.15) is 0 Å². The smallest absolute Gasteiger partial charge is 0.168 e. The second-order valence-corrected chi connectivity index (χ2v) is 3.02. The van der Waals surface area contributed by atoms with Crippen LogP contribution >= 0.6 is 12.2 Å². The lowest BCUT2D eigenvalue weighted by molar-refractivity contribution is 0.495. The fourth-order valence-corrected chi connectivity index (χ4v) is 0.806. The summed E-state index contributed by atoms with van der Waals surface area (Å²) >= 11 is 5.02. The van der Waals surface area contributed by atoms with E-state index in [9.17, 15) is 0 Å². The van der Waals surface area contributed by atoms with Crippen LogP contribution < -0.4 is 5.32 Å². The molecule has 0 aliphatic carbocycles. The molecule has 0 fully saturated rings. The van der Waals surface area contributed by atoms with E-state index in [1.165, 1.54) is 0 Å². The number of rotatable bonds is 2. The van der Waals surface area contributed by atoms with Gasteiger partial charge in [0.2, 0.25) is 0 Å². The van der Waals surface area contributed by atoms with Crippen molar-refractivity contribution in [2.45, 2.75) is 6.54 Å². The van der Waals surface area contributed by atoms with Crippen LogP contribution in [0.25, 0.3) is 0 Å². The fourth-order valence-electron chi connectivity index (χ4n) is 0.734. The highest BCUT2D eigenvalue weighted by atomic mass is 32.1. The van der Waals surface area contributed by atoms with Crippen molar-refractivity contribution in [1.29, 1.82) is 0 Å². The van der Waals surface area contributed by atoms with Crippen LogP contribution in [0.3, 0.4) is 0 Å². The van der Waals surface area contributed by atoms with Crippen LogP contribution in [0, 0.1) is 0 Å². The first-order valence-corrected chi connectivity index (χ1v) is 4.08. The highest BCUT2D eigenvalue weighted by Gasteiger charge is 1.98. The van der Waals surface area contributed by atoms with Gasteiger partial charge in [0.05, 0.1) is 12.8 Å². The first kappa shape index (κ1) is 9.06. The molecule has 12 heavy (non-hydrogen) atoms. The molecule has 0 spiro atoms. The highest BCUT2D eigenvalue weighted by molar-refractivity contribution is 7.80. The minimum absolute atomic E-state index is 0.643. The summed E-state index contributed by atoms with van der Waals surface area (Å²) in [4.78, 5) is 1.85. The molecule has 1 heterocycles. The highest BCUT2D eigenvalue weighted by Crippen LogP contribution is 1.98. The van der Waals surface area contributed by atoms with Gasteiger partial charge in [-0.05, 0) is 24.4 Å². The van der Waals surface area contributed by atoms with Crippen LogP contribution in [-0.2, 0) is 6.54 Å². The molecule has 4 heteroatoms. The molecule has 0 bridgehead atoms. The molecule has 0 aromatic carbocycles. The van der Waals surface area contributed by atoms with E-state index in [2.05, 4.69) is 5.32 Å². The van der Waals surface area contributed by atoms with Gasteiger partial charge in [-0.3, -0.25) is 0 Å². The lowest BCUT2D eigenvalue weighted by Crippen LogP contribution is -2.33. The Bertz CT molecular complexity index is 244. The molecule has 3 nitrogen and oxygen atoms in total. The van der Waals surface area contributed by atoms with Gasteiger partial charge in [0.15, 0.2) is 5.11 Å². The number of nitrogens with zero attached hydrogens (tertiary/aromatic N) is 1. The number of hydrogen-bond donors (Lipinski definition) is 1. The molecule has 0 unspecified atom stereocenters. The second kappa shape index (κ2) is 4.11. The number of hydrogen-bond acceptors (Lipinski definition) is 2. The van der Waals surface area contributed by atoms with Gasteiger partial charge in [-0.25, -0.2) is 0 Å². The molecule has 1 aromatic heterocycles. The van der Waals surface area contributed by atoms with E-state index in [4.69, 9.17) is 16.6 Å². The topological polar surface area (TPSA) is 28.4 Å². The van der Waals surface area contributed by atoms with Crippen LogP contribution in [-0.4, -0.2) is 24.1 Å². The van der Waals surface area contributed by atoms with Crippen molar-refractivity contribution in [3.05, 3.63) is 24.2 Å². The Hall–Kier alpha value is -1.03. The third-order valence-electron chi connectivity index (χ3n) is 1.40. The van der Waals surface area contributed by atoms with E-state index in [-0.39, 0.29) is 0 Å². The number of thiocarbonyl (C=S) groups is 1. The summed E-state index contributed by atoms with van der Waals surface area (Å²) in [6, 6.07) is 3.76. The Morgan fingerprint density at radius 3 is 2.92 bits per heavy atom. The van der Waals surface area contributed by atoms with E-state index in [1.807, 2.05) is 31.1 Å². The van der Waals surface area contributed by atoms with Crippen LogP contribution in [0.15, 0.2) is 22.8 Å². The van der Waals surface area contributed by atoms with Crippen molar-refractivity contribution in [3.63, 3.8) is 0 Å². The van der Waals surface area contributed by atoms with Crippen LogP contribution in [0.2, 0.25) is 0 Å². The Morgan fingerprint density at radius 1 is 1.67 bits per heavy atom. The van der Waals surface area contributed by atoms with Crippen molar-refractivity contribution in [1.82, 2.24) is 10.2 Å². The Balaban J connectivity index is 2.32. The Labute approximate surface area is 77.4 Å². The molecular formula is C8H12N2OS. The van der Waals surface area contributed by atoms with Crippen LogP contribution in [0.1, 0.15) is 5.76 Å². The molecule has 0 aliphatic heterocycles. The van der Waals surface area contributed by atoms with Gasteiger partial charge in [0.25, 0.3) is 0 Å². The van der Waals surface area contributed by atoms with E-state index in [0.717, 1.165) is 5.76 Å². The molecule has 0 saturated carbocycles. The Morgan fingerprint density at radius 2 is 2.42 bits per heavy atom. The van der Waals surface area contributed by atoms with Gasteiger partial charge in [-0.1, -0.05) is 0 Å². The van der Waals surface area contributed by atoms with Gasteiger partial charge in [0.1, 0.15) is 5.76 Å². The van der Waals surface area contributed by atoms with E-state index in [1.54, 1.807) is 6.26 Å². The third-order valence-corrected chi connectivity index (χ3v) is 1.91. The molecular weight excluding hydrogens is 172 g/mol. The molecule has 1 N–H and O–H groups in total. The molecule has 1 aromatic rings. The van der Waals surface area contributed by atoms with E-state index >= 15 is 0 Å². The first-order valence-electron chi connectivity index (χ1n) is 3.67. The molecule has 0 radical (unpaired) electrons. The number of nitrogens with one attached hydrogen (secondary N) is 1. The normalized spacial score (nSPS) is 9.50. The third kappa shape index (κ3) is 2.54. The van der Waals surface area contributed by atoms with Crippen molar-refractivity contribution in [3.8, 4) is 0 Å². The van der Waals surface area contributed by atoms with Crippen LogP contribution in [0.5, 0.6) is 0 Å². The van der Waals surface area contributed by atoms with Crippen molar-refractivity contribution < 1.29 is 4.42 Å². The minimum Gasteiger partial charge on any atom is -0.467 e. The Kier molecular flexibility index (Phi) is 3.10. The minimum atomic E-state index is 0.643. The lowest BCUT2D eigenvalue weighted by atomic mass is 10.4. The van der Waals surface area contributed by atoms with Gasteiger partial charge >= 0.3 is 0 Å². The van der Waals surface area contributed by atoms with Gasteiger partial charge in [0, 0.05) is 14.1 Å². The molecule has 0 atom stereocenters. The lowest BCUT2D eigenvalue weighted by Gasteiger charge is -2.14. The van der Waals surface area contributed by atoms with Crippen molar-refractivity contribution in [2.75, 3.05) is 14.1 Å². The average Bonchev–Trinajstić information content (AvgIpc) is 2.51. The molecule has 66 valence electrons. The predicted octanol–water partition coefficient (Wildman–Crippen LogP) is 1.22. The summed E-state index contributed by atoms with van der Waals surface area (Å²) in [5, 5.41) is 3.76. The maximum atomic E-state index is 5.12. The summed E-state index contributed by atoms with van der Waals surface area (Å²) in [7, 11) is 3.80. The summed E-state index contributed by atoms with van der Waals surface area (Å²) in [5.41, 5.74) is 0. The zero-order valence-electron chi connectivity index (χ0n) is 7.20. The van der Waals surface area contributed by atoms with Crippen molar-refractivity contribution >= 4 is 17.3 Å². The molecule has 0 amide bonds. The first-order chi connectivity index (χ1) is 5.70. The van der Waals surface area contributed by atoms with E-state index in [0.29, 0.717) is 11.7 Å². The second-order valence-electron chi connectivity index (χ2n) is 2.63. The van der Waals surface area contributed by atoms with Crippen molar-refractivity contribution in [2.24, 2.45) is 0 Å². The van der Waals surface area contributed by atoms with Gasteiger partial charge in [-0.15, -0.1) is 0 Å². The summed E-state index contributed by atoms with van der Waals surface area (Å²) < 4.78 is 5.12. The zero-order chi connectivity index (χ0) is 8.97. The summed E-state index contributed by atoms with van der Waals surface area (Å²) in [6.07, 6.45) is 1.65. The quantitative estimate of drug-likeness (QED) is 0.699. The maximum absolute atomic E-state index is 5.12. The number of furan rings is 1. The SMILES string of the molecule is CN(C)C(=S)NCc1ccco1.